The average Bonchev–Trinajstić information content (AvgIpc) is 2.78. The molecule has 2 nitrogen and oxygen atoms in total. The normalized spacial score (nSPS) is 21.1. The van der Waals surface area contributed by atoms with E-state index in [1.54, 1.807) is 0 Å². The Bertz CT molecular complexity index is 416. The van der Waals surface area contributed by atoms with Crippen molar-refractivity contribution in [2.45, 2.75) is 58.9 Å². The Morgan fingerprint density at radius 3 is 2.67 bits per heavy atom. The fourth-order valence-corrected chi connectivity index (χ4v) is 3.61. The van der Waals surface area contributed by atoms with Crippen LogP contribution in [0, 0.1) is 5.92 Å². The van der Waals surface area contributed by atoms with Gasteiger partial charge in [0.25, 0.3) is 0 Å². The van der Waals surface area contributed by atoms with Gasteiger partial charge in [0.2, 0.25) is 0 Å². The monoisotopic (exact) mass is 288 g/mol. The number of nitrogens with one attached hydrogen (secondary N) is 1. The maximum absolute atomic E-state index is 3.64. The molecule has 1 saturated heterocycles. The van der Waals surface area contributed by atoms with Crippen molar-refractivity contribution in [3.05, 3.63) is 29.8 Å². The fraction of sp³-hybridized carbons (Fsp3) is 0.684. The molecule has 1 fully saturated rings. The standard InChI is InChI=1S/C19H32N2/c1-4-16-10-9-14-21(15-13-16)19-12-8-7-11-17(19)18(5-2)20-6-3/h7-8,11-12,16,18,20H,4-6,9-10,13-15H2,1-3H3. The lowest BCUT2D eigenvalue weighted by atomic mass is 9.98. The van der Waals surface area contributed by atoms with E-state index in [-0.39, 0.29) is 0 Å². The molecule has 1 aliphatic heterocycles. The highest BCUT2D eigenvalue weighted by Crippen LogP contribution is 2.31. The minimum Gasteiger partial charge on any atom is -0.371 e. The summed E-state index contributed by atoms with van der Waals surface area (Å²) in [5.74, 6) is 0.929. The van der Waals surface area contributed by atoms with Crippen LogP contribution in [-0.2, 0) is 0 Å². The molecule has 118 valence electrons. The molecule has 2 unspecified atom stereocenters. The SMILES string of the molecule is CCNC(CC)c1ccccc1N1CCCC(CC)CC1. The molecule has 2 rings (SSSR count). The van der Waals surface area contributed by atoms with Crippen LogP contribution in [0.25, 0.3) is 0 Å². The van der Waals surface area contributed by atoms with Crippen LogP contribution in [0.5, 0.6) is 0 Å². The van der Waals surface area contributed by atoms with Gasteiger partial charge >= 0.3 is 0 Å². The van der Waals surface area contributed by atoms with E-state index < -0.39 is 0 Å². The highest BCUT2D eigenvalue weighted by atomic mass is 15.1. The van der Waals surface area contributed by atoms with Crippen molar-refractivity contribution in [3.63, 3.8) is 0 Å². The van der Waals surface area contributed by atoms with Gasteiger partial charge in [0, 0.05) is 24.8 Å². The predicted octanol–water partition coefficient (Wildman–Crippen LogP) is 4.76. The molecule has 0 spiro atoms. The van der Waals surface area contributed by atoms with Crippen LogP contribution in [-0.4, -0.2) is 19.6 Å². The van der Waals surface area contributed by atoms with Gasteiger partial charge in [-0.15, -0.1) is 0 Å². The van der Waals surface area contributed by atoms with E-state index in [2.05, 4.69) is 55.3 Å². The van der Waals surface area contributed by atoms with E-state index in [1.165, 1.54) is 50.0 Å². The molecule has 0 aromatic heterocycles. The molecular weight excluding hydrogens is 256 g/mol. The van der Waals surface area contributed by atoms with Gasteiger partial charge in [-0.3, -0.25) is 0 Å². The van der Waals surface area contributed by atoms with E-state index in [0.717, 1.165) is 18.9 Å². The van der Waals surface area contributed by atoms with Gasteiger partial charge in [-0.1, -0.05) is 45.4 Å². The van der Waals surface area contributed by atoms with Crippen LogP contribution in [0.2, 0.25) is 0 Å². The van der Waals surface area contributed by atoms with Gasteiger partial charge in [-0.05, 0) is 49.8 Å². The van der Waals surface area contributed by atoms with Crippen molar-refractivity contribution in [3.8, 4) is 0 Å². The summed E-state index contributed by atoms with van der Waals surface area (Å²) in [6.45, 7) is 10.3. The number of benzene rings is 1. The van der Waals surface area contributed by atoms with Gasteiger partial charge in [0.15, 0.2) is 0 Å². The Morgan fingerprint density at radius 2 is 1.95 bits per heavy atom. The third-order valence-electron chi connectivity index (χ3n) is 4.94. The molecule has 0 radical (unpaired) electrons. The van der Waals surface area contributed by atoms with Crippen LogP contribution in [0.1, 0.15) is 64.5 Å². The molecule has 1 aromatic carbocycles. The number of anilines is 1. The Balaban J connectivity index is 2.18. The van der Waals surface area contributed by atoms with E-state index >= 15 is 0 Å². The van der Waals surface area contributed by atoms with E-state index in [4.69, 9.17) is 0 Å². The highest BCUT2D eigenvalue weighted by Gasteiger charge is 2.20. The first-order valence-electron chi connectivity index (χ1n) is 8.87. The lowest BCUT2D eigenvalue weighted by Crippen LogP contribution is -2.28. The Labute approximate surface area is 130 Å². The third kappa shape index (κ3) is 4.23. The largest absolute Gasteiger partial charge is 0.371 e. The Hall–Kier alpha value is -1.02. The highest BCUT2D eigenvalue weighted by molar-refractivity contribution is 5.55. The molecule has 1 N–H and O–H groups in total. The molecule has 0 saturated carbocycles. The van der Waals surface area contributed by atoms with Crippen molar-refractivity contribution in [2.75, 3.05) is 24.5 Å². The molecule has 1 aromatic rings. The van der Waals surface area contributed by atoms with Crippen LogP contribution in [0.15, 0.2) is 24.3 Å². The molecule has 1 aliphatic rings. The molecule has 2 heteroatoms. The summed E-state index contributed by atoms with van der Waals surface area (Å²) in [4.78, 5) is 2.63. The van der Waals surface area contributed by atoms with Crippen molar-refractivity contribution >= 4 is 5.69 Å². The molecule has 1 heterocycles. The zero-order chi connectivity index (χ0) is 15.1. The molecule has 2 atom stereocenters. The summed E-state index contributed by atoms with van der Waals surface area (Å²) in [5, 5.41) is 3.64. The maximum Gasteiger partial charge on any atom is 0.0414 e. The minimum absolute atomic E-state index is 0.483. The number of hydrogen-bond donors (Lipinski definition) is 1. The van der Waals surface area contributed by atoms with Crippen molar-refractivity contribution in [2.24, 2.45) is 5.92 Å². The summed E-state index contributed by atoms with van der Waals surface area (Å²) in [5.41, 5.74) is 2.94. The first-order chi connectivity index (χ1) is 10.3. The summed E-state index contributed by atoms with van der Waals surface area (Å²) in [6, 6.07) is 9.50. The Kier molecular flexibility index (Phi) is 6.56. The lowest BCUT2D eigenvalue weighted by Gasteiger charge is -2.29. The molecular formula is C19H32N2. The van der Waals surface area contributed by atoms with E-state index in [9.17, 15) is 0 Å². The van der Waals surface area contributed by atoms with Gasteiger partial charge in [-0.2, -0.15) is 0 Å². The van der Waals surface area contributed by atoms with Crippen LogP contribution >= 0.6 is 0 Å². The Morgan fingerprint density at radius 1 is 1.14 bits per heavy atom. The summed E-state index contributed by atoms with van der Waals surface area (Å²) in [6.07, 6.45) is 6.58. The minimum atomic E-state index is 0.483. The summed E-state index contributed by atoms with van der Waals surface area (Å²) < 4.78 is 0. The van der Waals surface area contributed by atoms with Crippen LogP contribution < -0.4 is 10.2 Å². The zero-order valence-corrected chi connectivity index (χ0v) is 14.1. The average molecular weight is 288 g/mol. The summed E-state index contributed by atoms with van der Waals surface area (Å²) >= 11 is 0. The maximum atomic E-state index is 3.64. The van der Waals surface area contributed by atoms with Gasteiger partial charge in [-0.25, -0.2) is 0 Å². The second-order valence-corrected chi connectivity index (χ2v) is 6.27. The fourth-order valence-electron chi connectivity index (χ4n) is 3.61. The number of hydrogen-bond acceptors (Lipinski definition) is 2. The number of para-hydroxylation sites is 1. The van der Waals surface area contributed by atoms with Crippen molar-refractivity contribution < 1.29 is 0 Å². The second kappa shape index (κ2) is 8.43. The van der Waals surface area contributed by atoms with Crippen LogP contribution in [0.3, 0.4) is 0 Å². The first kappa shape index (κ1) is 16.4. The number of rotatable bonds is 6. The summed E-state index contributed by atoms with van der Waals surface area (Å²) in [7, 11) is 0. The zero-order valence-electron chi connectivity index (χ0n) is 14.1. The van der Waals surface area contributed by atoms with Gasteiger partial charge in [0.05, 0.1) is 0 Å². The molecule has 0 amide bonds. The van der Waals surface area contributed by atoms with Crippen molar-refractivity contribution in [1.82, 2.24) is 5.32 Å². The molecule has 21 heavy (non-hydrogen) atoms. The van der Waals surface area contributed by atoms with Crippen LogP contribution in [0.4, 0.5) is 5.69 Å². The predicted molar refractivity (Wildman–Crippen MR) is 93.0 cm³/mol. The quantitative estimate of drug-likeness (QED) is 0.811. The second-order valence-electron chi connectivity index (χ2n) is 6.27. The van der Waals surface area contributed by atoms with Gasteiger partial charge < -0.3 is 10.2 Å². The van der Waals surface area contributed by atoms with Gasteiger partial charge in [0.1, 0.15) is 0 Å². The molecule has 0 aliphatic carbocycles. The smallest absolute Gasteiger partial charge is 0.0414 e. The third-order valence-corrected chi connectivity index (χ3v) is 4.94. The topological polar surface area (TPSA) is 15.3 Å². The molecule has 0 bridgehead atoms. The van der Waals surface area contributed by atoms with E-state index in [1.807, 2.05) is 0 Å². The first-order valence-corrected chi connectivity index (χ1v) is 8.87. The van der Waals surface area contributed by atoms with E-state index in [0.29, 0.717) is 6.04 Å². The number of nitrogens with zero attached hydrogens (tertiary/aromatic N) is 1. The lowest BCUT2D eigenvalue weighted by molar-refractivity contribution is 0.459. The van der Waals surface area contributed by atoms with Crippen molar-refractivity contribution in [1.29, 1.82) is 0 Å².